The molecular formula is C11H21ClN2O2. The lowest BCUT2D eigenvalue weighted by Crippen LogP contribution is -2.50. The number of rotatable bonds is 3. The standard InChI is InChI=1S/C11H20N2O2.ClH/c1-9-2-4-13(5-3-9)11(14)8-15-10-6-12-7-10;/h9-10,12H,2-8H2,1H3;1H. The Hall–Kier alpha value is -0.320. The summed E-state index contributed by atoms with van der Waals surface area (Å²) in [5.74, 6) is 0.930. The third kappa shape index (κ3) is 3.61. The van der Waals surface area contributed by atoms with Crippen LogP contribution in [0, 0.1) is 5.92 Å². The molecule has 0 radical (unpaired) electrons. The van der Waals surface area contributed by atoms with Gasteiger partial charge in [0.25, 0.3) is 0 Å². The first-order chi connectivity index (χ1) is 7.25. The molecule has 0 aromatic rings. The smallest absolute Gasteiger partial charge is 0.248 e. The van der Waals surface area contributed by atoms with Crippen LogP contribution in [0.3, 0.4) is 0 Å². The van der Waals surface area contributed by atoms with E-state index < -0.39 is 0 Å². The number of carbonyl (C=O) groups excluding carboxylic acids is 1. The summed E-state index contributed by atoms with van der Waals surface area (Å²) in [6.07, 6.45) is 2.53. The van der Waals surface area contributed by atoms with E-state index in [0.717, 1.165) is 44.9 Å². The van der Waals surface area contributed by atoms with Crippen molar-refractivity contribution in [2.75, 3.05) is 32.8 Å². The second-order valence-corrected chi connectivity index (χ2v) is 4.65. The van der Waals surface area contributed by atoms with Crippen LogP contribution in [0.5, 0.6) is 0 Å². The van der Waals surface area contributed by atoms with E-state index in [9.17, 15) is 4.79 Å². The van der Waals surface area contributed by atoms with Gasteiger partial charge in [-0.05, 0) is 18.8 Å². The van der Waals surface area contributed by atoms with Gasteiger partial charge in [-0.1, -0.05) is 6.92 Å². The largest absolute Gasteiger partial charge is 0.366 e. The maximum absolute atomic E-state index is 11.7. The summed E-state index contributed by atoms with van der Waals surface area (Å²) >= 11 is 0. The lowest BCUT2D eigenvalue weighted by molar-refractivity contribution is -0.140. The van der Waals surface area contributed by atoms with Crippen molar-refractivity contribution in [3.63, 3.8) is 0 Å². The van der Waals surface area contributed by atoms with Gasteiger partial charge in [0, 0.05) is 26.2 Å². The topological polar surface area (TPSA) is 41.6 Å². The Labute approximate surface area is 103 Å². The van der Waals surface area contributed by atoms with Crippen LogP contribution in [0.15, 0.2) is 0 Å². The summed E-state index contributed by atoms with van der Waals surface area (Å²) in [5.41, 5.74) is 0. The van der Waals surface area contributed by atoms with E-state index in [0.29, 0.717) is 0 Å². The second-order valence-electron chi connectivity index (χ2n) is 4.65. The molecular weight excluding hydrogens is 228 g/mol. The zero-order chi connectivity index (χ0) is 10.7. The zero-order valence-electron chi connectivity index (χ0n) is 9.78. The van der Waals surface area contributed by atoms with Gasteiger partial charge in [-0.2, -0.15) is 0 Å². The van der Waals surface area contributed by atoms with Crippen LogP contribution in [0.1, 0.15) is 19.8 Å². The fourth-order valence-corrected chi connectivity index (χ4v) is 1.92. The summed E-state index contributed by atoms with van der Waals surface area (Å²) in [7, 11) is 0. The quantitative estimate of drug-likeness (QED) is 0.798. The molecule has 0 atom stereocenters. The number of piperidine rings is 1. The molecule has 0 unspecified atom stereocenters. The number of hydrogen-bond acceptors (Lipinski definition) is 3. The van der Waals surface area contributed by atoms with Gasteiger partial charge >= 0.3 is 0 Å². The first kappa shape index (κ1) is 13.7. The second kappa shape index (κ2) is 6.42. The van der Waals surface area contributed by atoms with Crippen molar-refractivity contribution in [1.82, 2.24) is 10.2 Å². The highest BCUT2D eigenvalue weighted by atomic mass is 35.5. The number of halogens is 1. The number of ether oxygens (including phenoxy) is 1. The van der Waals surface area contributed by atoms with Crippen LogP contribution >= 0.6 is 12.4 Å². The predicted octanol–water partition coefficient (Wildman–Crippen LogP) is 0.655. The molecule has 0 aromatic heterocycles. The van der Waals surface area contributed by atoms with Crippen LogP contribution in [0.4, 0.5) is 0 Å². The maximum atomic E-state index is 11.7. The minimum Gasteiger partial charge on any atom is -0.366 e. The minimum absolute atomic E-state index is 0. The first-order valence-corrected chi connectivity index (χ1v) is 5.86. The van der Waals surface area contributed by atoms with E-state index in [1.165, 1.54) is 0 Å². The Kier molecular flexibility index (Phi) is 5.52. The SMILES string of the molecule is CC1CCN(C(=O)COC2CNC2)CC1.Cl. The summed E-state index contributed by atoms with van der Waals surface area (Å²) in [5, 5.41) is 3.12. The van der Waals surface area contributed by atoms with Crippen molar-refractivity contribution >= 4 is 18.3 Å². The summed E-state index contributed by atoms with van der Waals surface area (Å²) in [4.78, 5) is 13.7. The highest BCUT2D eigenvalue weighted by Gasteiger charge is 2.23. The Morgan fingerprint density at radius 1 is 1.38 bits per heavy atom. The van der Waals surface area contributed by atoms with Gasteiger partial charge < -0.3 is 15.0 Å². The molecule has 0 bridgehead atoms. The summed E-state index contributed by atoms with van der Waals surface area (Å²) in [6.45, 7) is 6.12. The third-order valence-electron chi connectivity index (χ3n) is 3.32. The van der Waals surface area contributed by atoms with E-state index in [-0.39, 0.29) is 31.0 Å². The molecule has 2 rings (SSSR count). The molecule has 0 spiro atoms. The Balaban J connectivity index is 0.00000128. The van der Waals surface area contributed by atoms with Crippen LogP contribution in [0.25, 0.3) is 0 Å². The lowest BCUT2D eigenvalue weighted by Gasteiger charge is -2.32. The van der Waals surface area contributed by atoms with Crippen LogP contribution in [-0.2, 0) is 9.53 Å². The number of amides is 1. The van der Waals surface area contributed by atoms with Crippen LogP contribution in [0.2, 0.25) is 0 Å². The van der Waals surface area contributed by atoms with Gasteiger partial charge in [-0.3, -0.25) is 4.79 Å². The average Bonchev–Trinajstić information content (AvgIpc) is 2.16. The highest BCUT2D eigenvalue weighted by molar-refractivity contribution is 5.85. The molecule has 1 N–H and O–H groups in total. The molecule has 5 heteroatoms. The third-order valence-corrected chi connectivity index (χ3v) is 3.32. The molecule has 4 nitrogen and oxygen atoms in total. The molecule has 2 aliphatic heterocycles. The zero-order valence-corrected chi connectivity index (χ0v) is 10.6. The molecule has 16 heavy (non-hydrogen) atoms. The van der Waals surface area contributed by atoms with Crippen molar-refractivity contribution in [2.24, 2.45) is 5.92 Å². The van der Waals surface area contributed by atoms with Gasteiger partial charge in [0.05, 0.1) is 6.10 Å². The Bertz CT molecular complexity index is 226. The molecule has 1 amide bonds. The fraction of sp³-hybridized carbons (Fsp3) is 0.909. The predicted molar refractivity (Wildman–Crippen MR) is 64.8 cm³/mol. The summed E-state index contributed by atoms with van der Waals surface area (Å²) < 4.78 is 5.47. The van der Waals surface area contributed by atoms with Crippen molar-refractivity contribution < 1.29 is 9.53 Å². The molecule has 2 heterocycles. The number of carbonyl (C=O) groups is 1. The Morgan fingerprint density at radius 3 is 2.50 bits per heavy atom. The number of nitrogens with zero attached hydrogens (tertiary/aromatic N) is 1. The number of hydrogen-bond donors (Lipinski definition) is 1. The lowest BCUT2D eigenvalue weighted by atomic mass is 9.99. The van der Waals surface area contributed by atoms with E-state index in [1.807, 2.05) is 4.90 Å². The minimum atomic E-state index is 0. The maximum Gasteiger partial charge on any atom is 0.248 e. The summed E-state index contributed by atoms with van der Waals surface area (Å²) in [6, 6.07) is 0. The molecule has 2 saturated heterocycles. The van der Waals surface area contributed by atoms with E-state index in [4.69, 9.17) is 4.74 Å². The normalized spacial score (nSPS) is 22.4. The highest BCUT2D eigenvalue weighted by Crippen LogP contribution is 2.16. The first-order valence-electron chi connectivity index (χ1n) is 5.86. The number of nitrogens with one attached hydrogen (secondary N) is 1. The van der Waals surface area contributed by atoms with Crippen molar-refractivity contribution in [3.05, 3.63) is 0 Å². The van der Waals surface area contributed by atoms with Gasteiger partial charge in [-0.15, -0.1) is 12.4 Å². The molecule has 94 valence electrons. The molecule has 0 aromatic carbocycles. The van der Waals surface area contributed by atoms with E-state index >= 15 is 0 Å². The van der Waals surface area contributed by atoms with Gasteiger partial charge in [0.2, 0.25) is 5.91 Å². The van der Waals surface area contributed by atoms with Gasteiger partial charge in [0.15, 0.2) is 0 Å². The fourth-order valence-electron chi connectivity index (χ4n) is 1.92. The van der Waals surface area contributed by atoms with E-state index in [1.54, 1.807) is 0 Å². The van der Waals surface area contributed by atoms with E-state index in [2.05, 4.69) is 12.2 Å². The van der Waals surface area contributed by atoms with Crippen molar-refractivity contribution in [1.29, 1.82) is 0 Å². The molecule has 0 saturated carbocycles. The van der Waals surface area contributed by atoms with Crippen LogP contribution in [-0.4, -0.2) is 49.7 Å². The Morgan fingerprint density at radius 2 is 2.00 bits per heavy atom. The molecule has 2 aliphatic rings. The monoisotopic (exact) mass is 248 g/mol. The average molecular weight is 249 g/mol. The van der Waals surface area contributed by atoms with Crippen LogP contribution < -0.4 is 5.32 Å². The molecule has 2 fully saturated rings. The molecule has 0 aliphatic carbocycles. The van der Waals surface area contributed by atoms with Gasteiger partial charge in [0.1, 0.15) is 6.61 Å². The van der Waals surface area contributed by atoms with Crippen molar-refractivity contribution in [2.45, 2.75) is 25.9 Å². The van der Waals surface area contributed by atoms with Crippen molar-refractivity contribution in [3.8, 4) is 0 Å². The van der Waals surface area contributed by atoms with Gasteiger partial charge in [-0.25, -0.2) is 0 Å². The number of likely N-dealkylation sites (tertiary alicyclic amines) is 1.